The summed E-state index contributed by atoms with van der Waals surface area (Å²) in [6.07, 6.45) is 5.11. The van der Waals surface area contributed by atoms with Gasteiger partial charge in [-0.25, -0.2) is 9.18 Å². The lowest BCUT2D eigenvalue weighted by molar-refractivity contribution is 0.262. The van der Waals surface area contributed by atoms with Gasteiger partial charge in [0.1, 0.15) is 17.3 Å². The summed E-state index contributed by atoms with van der Waals surface area (Å²) in [4.78, 5) is 16.5. The molecule has 9 heteroatoms. The number of nitrogens with one attached hydrogen (secondary N) is 2. The highest BCUT2D eigenvalue weighted by Crippen LogP contribution is 2.28. The van der Waals surface area contributed by atoms with E-state index >= 15 is 0 Å². The third-order valence-corrected chi connectivity index (χ3v) is 4.41. The molecule has 4 rings (SSSR count). The first-order valence-electron chi connectivity index (χ1n) is 9.51. The van der Waals surface area contributed by atoms with E-state index in [1.54, 1.807) is 53.5 Å². The van der Waals surface area contributed by atoms with Gasteiger partial charge in [0.05, 0.1) is 29.2 Å². The van der Waals surface area contributed by atoms with Crippen molar-refractivity contribution in [3.05, 3.63) is 84.6 Å². The number of pyridine rings is 1. The molecule has 158 valence electrons. The van der Waals surface area contributed by atoms with Crippen LogP contribution in [0, 0.1) is 17.1 Å². The van der Waals surface area contributed by atoms with Crippen LogP contribution in [0.1, 0.15) is 5.56 Å². The molecule has 0 saturated carbocycles. The van der Waals surface area contributed by atoms with Gasteiger partial charge in [0.25, 0.3) is 0 Å². The molecule has 0 bridgehead atoms. The van der Waals surface area contributed by atoms with Crippen molar-refractivity contribution < 1.29 is 13.9 Å². The Labute approximate surface area is 182 Å². The summed E-state index contributed by atoms with van der Waals surface area (Å²) in [7, 11) is 1.81. The molecule has 0 fully saturated rings. The summed E-state index contributed by atoms with van der Waals surface area (Å²) >= 11 is 0. The maximum absolute atomic E-state index is 14.5. The van der Waals surface area contributed by atoms with Crippen LogP contribution in [0.3, 0.4) is 0 Å². The molecule has 0 aliphatic rings. The van der Waals surface area contributed by atoms with E-state index in [1.165, 1.54) is 18.2 Å². The molecule has 2 aromatic heterocycles. The van der Waals surface area contributed by atoms with E-state index in [0.29, 0.717) is 22.7 Å². The molecular weight excluding hydrogens is 411 g/mol. The Balaban J connectivity index is 1.43. The van der Waals surface area contributed by atoms with Crippen LogP contribution in [0.5, 0.6) is 11.5 Å². The number of aromatic nitrogens is 3. The van der Waals surface area contributed by atoms with Crippen LogP contribution < -0.4 is 15.4 Å². The second-order valence-electron chi connectivity index (χ2n) is 6.79. The van der Waals surface area contributed by atoms with E-state index in [-0.39, 0.29) is 11.4 Å². The summed E-state index contributed by atoms with van der Waals surface area (Å²) in [5, 5.41) is 18.0. The van der Waals surface area contributed by atoms with Crippen LogP contribution in [0.2, 0.25) is 0 Å². The number of halogens is 1. The molecule has 2 amide bonds. The van der Waals surface area contributed by atoms with Gasteiger partial charge in [0, 0.05) is 42.8 Å². The van der Waals surface area contributed by atoms with Gasteiger partial charge < -0.3 is 15.4 Å². The fourth-order valence-corrected chi connectivity index (χ4v) is 2.93. The van der Waals surface area contributed by atoms with E-state index in [4.69, 9.17) is 10.00 Å². The van der Waals surface area contributed by atoms with Gasteiger partial charge in [-0.3, -0.25) is 9.67 Å². The summed E-state index contributed by atoms with van der Waals surface area (Å²) in [6, 6.07) is 15.3. The van der Waals surface area contributed by atoms with Crippen molar-refractivity contribution in [2.24, 2.45) is 7.05 Å². The molecule has 0 aliphatic carbocycles. The van der Waals surface area contributed by atoms with Crippen LogP contribution in [0.4, 0.5) is 20.6 Å². The number of carbonyl (C=O) groups excluding carboxylic acids is 1. The number of ether oxygens (including phenoxy) is 1. The monoisotopic (exact) mass is 428 g/mol. The molecule has 0 spiro atoms. The molecule has 0 atom stereocenters. The Morgan fingerprint density at radius 2 is 1.97 bits per heavy atom. The molecule has 0 unspecified atom stereocenters. The first kappa shape index (κ1) is 20.6. The normalized spacial score (nSPS) is 10.3. The van der Waals surface area contributed by atoms with Crippen LogP contribution in [0.15, 0.2) is 73.2 Å². The highest BCUT2D eigenvalue weighted by Gasteiger charge is 2.10. The molecular formula is C23H17FN6O2. The van der Waals surface area contributed by atoms with E-state index in [1.807, 2.05) is 19.3 Å². The maximum atomic E-state index is 14.5. The van der Waals surface area contributed by atoms with Gasteiger partial charge in [0.2, 0.25) is 0 Å². The zero-order valence-corrected chi connectivity index (χ0v) is 16.9. The highest BCUT2D eigenvalue weighted by molar-refractivity contribution is 5.99. The zero-order valence-electron chi connectivity index (χ0n) is 16.9. The van der Waals surface area contributed by atoms with Crippen LogP contribution in [0.25, 0.3) is 11.3 Å². The second kappa shape index (κ2) is 8.97. The minimum atomic E-state index is -0.662. The van der Waals surface area contributed by atoms with E-state index in [2.05, 4.69) is 20.7 Å². The Morgan fingerprint density at radius 3 is 2.72 bits per heavy atom. The van der Waals surface area contributed by atoms with Gasteiger partial charge >= 0.3 is 6.03 Å². The summed E-state index contributed by atoms with van der Waals surface area (Å²) in [5.74, 6) is 0.0811. The lowest BCUT2D eigenvalue weighted by Gasteiger charge is -2.11. The van der Waals surface area contributed by atoms with Crippen molar-refractivity contribution in [1.82, 2.24) is 14.8 Å². The summed E-state index contributed by atoms with van der Waals surface area (Å²) < 4.78 is 21.9. The minimum absolute atomic E-state index is 0.0166. The predicted octanol–water partition coefficient (Wildman–Crippen LogP) is 4.93. The molecule has 2 N–H and O–H groups in total. The number of nitriles is 1. The number of aryl methyl sites for hydroxylation is 1. The highest BCUT2D eigenvalue weighted by atomic mass is 19.1. The van der Waals surface area contributed by atoms with Gasteiger partial charge in [-0.1, -0.05) is 6.07 Å². The molecule has 4 aromatic rings. The maximum Gasteiger partial charge on any atom is 0.323 e. The number of hydrogen-bond donors (Lipinski definition) is 2. The number of hydrogen-bond acceptors (Lipinski definition) is 5. The standard InChI is InChI=1S/C23H17FN6O2/c1-30-14-16(13-27-30)22-11-19(7-8-26-22)32-18-5-6-21(20(24)10-18)29-23(31)28-17-4-2-3-15(9-17)12-25/h2-11,13-14H,1H3,(H2,28,29,31). The smallest absolute Gasteiger partial charge is 0.323 e. The summed E-state index contributed by atoms with van der Waals surface area (Å²) in [5.41, 5.74) is 2.31. The number of amides is 2. The van der Waals surface area contributed by atoms with Crippen molar-refractivity contribution in [1.29, 1.82) is 5.26 Å². The Hall–Kier alpha value is -4.71. The average molecular weight is 428 g/mol. The van der Waals surface area contributed by atoms with Crippen LogP contribution >= 0.6 is 0 Å². The van der Waals surface area contributed by atoms with Crippen molar-refractivity contribution in [2.45, 2.75) is 0 Å². The molecule has 2 heterocycles. The predicted molar refractivity (Wildman–Crippen MR) is 117 cm³/mol. The Bertz CT molecular complexity index is 1330. The lowest BCUT2D eigenvalue weighted by Crippen LogP contribution is -2.20. The van der Waals surface area contributed by atoms with E-state index < -0.39 is 11.8 Å². The summed E-state index contributed by atoms with van der Waals surface area (Å²) in [6.45, 7) is 0. The SMILES string of the molecule is Cn1cc(-c2cc(Oc3ccc(NC(=O)Nc4cccc(C#N)c4)c(F)c3)ccn2)cn1. The second-order valence-corrected chi connectivity index (χ2v) is 6.79. The van der Waals surface area contributed by atoms with Crippen LogP contribution in [-0.4, -0.2) is 20.8 Å². The Morgan fingerprint density at radius 1 is 1.12 bits per heavy atom. The Kier molecular flexibility index (Phi) is 5.76. The molecule has 32 heavy (non-hydrogen) atoms. The first-order valence-corrected chi connectivity index (χ1v) is 9.51. The van der Waals surface area contributed by atoms with Gasteiger partial charge in [-0.05, 0) is 36.4 Å². The quantitative estimate of drug-likeness (QED) is 0.469. The van der Waals surface area contributed by atoms with Crippen molar-refractivity contribution in [3.63, 3.8) is 0 Å². The zero-order chi connectivity index (χ0) is 22.5. The largest absolute Gasteiger partial charge is 0.457 e. The van der Waals surface area contributed by atoms with Crippen LogP contribution in [-0.2, 0) is 7.05 Å². The van der Waals surface area contributed by atoms with Gasteiger partial charge in [-0.15, -0.1) is 0 Å². The topological polar surface area (TPSA) is 105 Å². The third-order valence-electron chi connectivity index (χ3n) is 4.41. The number of anilines is 2. The van der Waals surface area contributed by atoms with E-state index in [9.17, 15) is 9.18 Å². The number of urea groups is 1. The molecule has 2 aromatic carbocycles. The molecule has 0 aliphatic heterocycles. The lowest BCUT2D eigenvalue weighted by atomic mass is 10.2. The van der Waals surface area contributed by atoms with E-state index in [0.717, 1.165) is 5.56 Å². The number of nitrogens with zero attached hydrogens (tertiary/aromatic N) is 4. The van der Waals surface area contributed by atoms with Crippen molar-refractivity contribution in [2.75, 3.05) is 10.6 Å². The molecule has 0 saturated heterocycles. The van der Waals surface area contributed by atoms with Gasteiger partial charge in [-0.2, -0.15) is 10.4 Å². The average Bonchev–Trinajstić information content (AvgIpc) is 3.22. The van der Waals surface area contributed by atoms with Crippen molar-refractivity contribution in [3.8, 4) is 28.8 Å². The fraction of sp³-hybridized carbons (Fsp3) is 0.0435. The number of benzene rings is 2. The minimum Gasteiger partial charge on any atom is -0.457 e. The fourth-order valence-electron chi connectivity index (χ4n) is 2.93. The molecule has 8 nitrogen and oxygen atoms in total. The number of rotatable bonds is 5. The third kappa shape index (κ3) is 4.88. The first-order chi connectivity index (χ1) is 15.5. The van der Waals surface area contributed by atoms with Crippen molar-refractivity contribution >= 4 is 17.4 Å². The number of carbonyl (C=O) groups is 1. The molecule has 0 radical (unpaired) electrons. The van der Waals surface area contributed by atoms with Gasteiger partial charge in [0.15, 0.2) is 0 Å².